The molecule has 28 heavy (non-hydrogen) atoms. The molecule has 0 bridgehead atoms. The molecule has 3 amide bonds. The van der Waals surface area contributed by atoms with E-state index in [-0.39, 0.29) is 58.6 Å². The van der Waals surface area contributed by atoms with E-state index >= 15 is 0 Å². The van der Waals surface area contributed by atoms with Gasteiger partial charge in [-0.3, -0.25) is 19.7 Å². The second-order valence-electron chi connectivity index (χ2n) is 10.4. The lowest BCUT2D eigenvalue weighted by molar-refractivity contribution is -0.164. The van der Waals surface area contributed by atoms with Crippen molar-refractivity contribution in [2.24, 2.45) is 23.7 Å². The fourth-order valence-corrected chi connectivity index (χ4v) is 6.76. The third-order valence-corrected chi connectivity index (χ3v) is 12.4. The van der Waals surface area contributed by atoms with Crippen LogP contribution in [0.25, 0.3) is 0 Å². The number of carbonyl (C=O) groups excluding carboxylic acids is 3. The van der Waals surface area contributed by atoms with E-state index in [2.05, 4.69) is 45.3 Å². The van der Waals surface area contributed by atoms with Crippen LogP contribution in [-0.4, -0.2) is 49.6 Å². The Bertz CT molecular complexity index is 769. The Kier molecular flexibility index (Phi) is 4.43. The van der Waals surface area contributed by atoms with Crippen LogP contribution in [0.3, 0.4) is 0 Å². The number of hydrogen-bond donors (Lipinski definition) is 1. The first-order chi connectivity index (χ1) is 12.9. The van der Waals surface area contributed by atoms with Crippen LogP contribution in [0, 0.1) is 23.7 Å². The highest BCUT2D eigenvalue weighted by Crippen LogP contribution is 2.51. The van der Waals surface area contributed by atoms with Gasteiger partial charge in [-0.05, 0) is 49.4 Å². The molecular formula is C21H32N2O4Si. The van der Waals surface area contributed by atoms with Crippen LogP contribution in [0.1, 0.15) is 40.5 Å². The molecule has 0 radical (unpaired) electrons. The van der Waals surface area contributed by atoms with E-state index in [9.17, 15) is 14.4 Å². The minimum absolute atomic E-state index is 0.0236. The maximum Gasteiger partial charge on any atom is 0.231 e. The summed E-state index contributed by atoms with van der Waals surface area (Å²) in [5.74, 6) is -0.701. The summed E-state index contributed by atoms with van der Waals surface area (Å²) < 4.78 is 6.56. The van der Waals surface area contributed by atoms with Crippen LogP contribution in [0.2, 0.25) is 18.1 Å². The van der Waals surface area contributed by atoms with Crippen molar-refractivity contribution in [3.63, 3.8) is 0 Å². The maximum absolute atomic E-state index is 12.9. The molecule has 0 aromatic carbocycles. The molecule has 4 aliphatic rings. The summed E-state index contributed by atoms with van der Waals surface area (Å²) in [6.45, 7) is 13.7. The van der Waals surface area contributed by atoms with Crippen molar-refractivity contribution in [1.29, 1.82) is 0 Å². The zero-order chi connectivity index (χ0) is 20.6. The minimum atomic E-state index is -1.98. The van der Waals surface area contributed by atoms with Gasteiger partial charge >= 0.3 is 0 Å². The average Bonchev–Trinajstić information content (AvgIpc) is 2.86. The SMILES string of the molecule is C[C@@H](O[Si](C)(C)C(C)(C)C)[C@H]1C(=O)N2CC[C@@H]3C(=CC[C@@H]4C(=O)NC(=O)[C@@H]43)[C@H]12. The molecule has 154 valence electrons. The summed E-state index contributed by atoms with van der Waals surface area (Å²) in [6, 6.07) is 0.0236. The Hall–Kier alpha value is -1.47. The van der Waals surface area contributed by atoms with Gasteiger partial charge in [-0.15, -0.1) is 0 Å². The molecule has 0 saturated carbocycles. The lowest BCUT2D eigenvalue weighted by atomic mass is 9.62. The van der Waals surface area contributed by atoms with E-state index in [1.807, 2.05) is 11.8 Å². The van der Waals surface area contributed by atoms with Crippen LogP contribution < -0.4 is 5.32 Å². The van der Waals surface area contributed by atoms with Gasteiger partial charge in [0, 0.05) is 6.54 Å². The van der Waals surface area contributed by atoms with E-state index in [0.29, 0.717) is 13.0 Å². The molecule has 6 nitrogen and oxygen atoms in total. The van der Waals surface area contributed by atoms with Crippen molar-refractivity contribution >= 4 is 26.0 Å². The van der Waals surface area contributed by atoms with Gasteiger partial charge in [0.15, 0.2) is 8.32 Å². The number of piperidine rings is 1. The first-order valence-electron chi connectivity index (χ1n) is 10.5. The molecule has 1 N–H and O–H groups in total. The van der Waals surface area contributed by atoms with Gasteiger partial charge in [-0.25, -0.2) is 0 Å². The van der Waals surface area contributed by atoms with E-state index in [0.717, 1.165) is 6.42 Å². The standard InChI is InChI=1S/C21H32N2O4Si/c1-11(27-28(5,6)21(2,3)4)15-17-13-7-8-14-16(19(25)22-18(14)24)12(13)9-10-23(17)20(15)26/h7,11-12,14-17H,8-10H2,1-6H3,(H,22,24,25)/t11-,12-,14+,15-,16-,17-/m1/s1. The molecular weight excluding hydrogens is 372 g/mol. The highest BCUT2D eigenvalue weighted by molar-refractivity contribution is 6.74. The molecule has 3 aliphatic heterocycles. The zero-order valence-corrected chi connectivity index (χ0v) is 18.7. The monoisotopic (exact) mass is 404 g/mol. The summed E-state index contributed by atoms with van der Waals surface area (Å²) in [7, 11) is -1.98. The van der Waals surface area contributed by atoms with Crippen molar-refractivity contribution in [1.82, 2.24) is 10.2 Å². The van der Waals surface area contributed by atoms with E-state index < -0.39 is 8.32 Å². The maximum atomic E-state index is 12.9. The van der Waals surface area contributed by atoms with Crippen molar-refractivity contribution < 1.29 is 18.8 Å². The first kappa shape index (κ1) is 19.8. The molecule has 3 saturated heterocycles. The van der Waals surface area contributed by atoms with E-state index in [1.54, 1.807) is 0 Å². The lowest BCUT2D eigenvalue weighted by Gasteiger charge is -2.57. The largest absolute Gasteiger partial charge is 0.413 e. The van der Waals surface area contributed by atoms with Gasteiger partial charge < -0.3 is 9.33 Å². The Morgan fingerprint density at radius 1 is 1.18 bits per heavy atom. The Morgan fingerprint density at radius 3 is 2.50 bits per heavy atom. The number of nitrogens with zero attached hydrogens (tertiary/aromatic N) is 1. The first-order valence-corrected chi connectivity index (χ1v) is 13.4. The zero-order valence-electron chi connectivity index (χ0n) is 17.7. The van der Waals surface area contributed by atoms with Crippen molar-refractivity contribution in [2.45, 2.75) is 70.8 Å². The number of carbonyl (C=O) groups is 3. The van der Waals surface area contributed by atoms with E-state index in [1.165, 1.54) is 5.57 Å². The predicted octanol–water partition coefficient (Wildman–Crippen LogP) is 2.46. The molecule has 0 aromatic heterocycles. The van der Waals surface area contributed by atoms with Crippen LogP contribution >= 0.6 is 0 Å². The number of hydrogen-bond acceptors (Lipinski definition) is 4. The van der Waals surface area contributed by atoms with Gasteiger partial charge in [-0.1, -0.05) is 26.8 Å². The summed E-state index contributed by atoms with van der Waals surface area (Å²) in [4.78, 5) is 39.3. The van der Waals surface area contributed by atoms with Gasteiger partial charge in [0.1, 0.15) is 0 Å². The summed E-state index contributed by atoms with van der Waals surface area (Å²) in [5, 5.41) is 2.60. The highest BCUT2D eigenvalue weighted by Gasteiger charge is 2.60. The van der Waals surface area contributed by atoms with E-state index in [4.69, 9.17) is 4.43 Å². The number of allylic oxidation sites excluding steroid dienone is 1. The van der Waals surface area contributed by atoms with Crippen LogP contribution in [0.5, 0.6) is 0 Å². The van der Waals surface area contributed by atoms with Crippen molar-refractivity contribution in [3.8, 4) is 0 Å². The fourth-order valence-electron chi connectivity index (χ4n) is 5.33. The van der Waals surface area contributed by atoms with Gasteiger partial charge in [0.05, 0.1) is 29.9 Å². The summed E-state index contributed by atoms with van der Waals surface area (Å²) >= 11 is 0. The van der Waals surface area contributed by atoms with Crippen LogP contribution in [0.15, 0.2) is 11.6 Å². The van der Waals surface area contributed by atoms with Crippen LogP contribution in [-0.2, 0) is 18.8 Å². The van der Waals surface area contributed by atoms with Crippen molar-refractivity contribution in [2.75, 3.05) is 6.54 Å². The molecule has 0 aromatic rings. The van der Waals surface area contributed by atoms with Gasteiger partial charge in [0.2, 0.25) is 17.7 Å². The Balaban J connectivity index is 1.58. The molecule has 0 spiro atoms. The third kappa shape index (κ3) is 2.73. The number of imide groups is 1. The average molecular weight is 405 g/mol. The molecule has 6 atom stereocenters. The number of rotatable bonds is 3. The lowest BCUT2D eigenvalue weighted by Crippen LogP contribution is -2.69. The fraction of sp³-hybridized carbons (Fsp3) is 0.762. The molecule has 1 aliphatic carbocycles. The molecule has 3 fully saturated rings. The quantitative estimate of drug-likeness (QED) is 0.339. The number of fused-ring (bicyclic) bond motifs is 5. The normalized spacial score (nSPS) is 36.1. The minimum Gasteiger partial charge on any atom is -0.413 e. The Labute approximate surface area is 168 Å². The van der Waals surface area contributed by atoms with Gasteiger partial charge in [0.25, 0.3) is 0 Å². The van der Waals surface area contributed by atoms with Crippen LogP contribution in [0.4, 0.5) is 0 Å². The highest BCUT2D eigenvalue weighted by atomic mass is 28.4. The predicted molar refractivity (Wildman–Crippen MR) is 108 cm³/mol. The topological polar surface area (TPSA) is 75.7 Å². The second-order valence-corrected chi connectivity index (χ2v) is 15.2. The summed E-state index contributed by atoms with van der Waals surface area (Å²) in [6.07, 6.45) is 3.35. The smallest absolute Gasteiger partial charge is 0.231 e. The molecule has 4 rings (SSSR count). The summed E-state index contributed by atoms with van der Waals surface area (Å²) in [5.41, 5.74) is 1.19. The second kappa shape index (κ2) is 6.26. The number of nitrogens with one attached hydrogen (secondary N) is 1. The molecule has 0 unspecified atom stereocenters. The van der Waals surface area contributed by atoms with Crippen molar-refractivity contribution in [3.05, 3.63) is 11.6 Å². The number of β-lactam (4-membered cyclic amide) rings is 1. The van der Waals surface area contributed by atoms with Gasteiger partial charge in [-0.2, -0.15) is 0 Å². The third-order valence-electron chi connectivity index (χ3n) is 7.85. The molecule has 7 heteroatoms. The molecule has 3 heterocycles. The Morgan fingerprint density at radius 2 is 1.86 bits per heavy atom. The number of amides is 3.